The van der Waals surface area contributed by atoms with Crippen LogP contribution >= 0.6 is 11.6 Å². The molecule has 0 saturated carbocycles. The number of carbonyl (C=O) groups is 2. The lowest BCUT2D eigenvalue weighted by Crippen LogP contribution is -2.41. The van der Waals surface area contributed by atoms with E-state index in [-0.39, 0.29) is 24.4 Å². The molecule has 2 aromatic carbocycles. The normalized spacial score (nSPS) is 15.0. The number of carbonyl (C=O) groups excluding carboxylic acids is 2. The summed E-state index contributed by atoms with van der Waals surface area (Å²) in [5.74, 6) is -0.290. The highest BCUT2D eigenvalue weighted by atomic mass is 35.5. The van der Waals surface area contributed by atoms with Crippen molar-refractivity contribution in [3.05, 3.63) is 70.2 Å². The van der Waals surface area contributed by atoms with Crippen LogP contribution in [0, 0.1) is 6.92 Å². The molecular weight excluding hydrogens is 398 g/mol. The van der Waals surface area contributed by atoms with Crippen molar-refractivity contribution in [1.82, 2.24) is 15.5 Å². The van der Waals surface area contributed by atoms with Crippen LogP contribution in [0.25, 0.3) is 0 Å². The summed E-state index contributed by atoms with van der Waals surface area (Å²) in [4.78, 5) is 26.8. The Morgan fingerprint density at radius 1 is 1.03 bits per heavy atom. The van der Waals surface area contributed by atoms with Crippen molar-refractivity contribution in [1.29, 1.82) is 0 Å². The van der Waals surface area contributed by atoms with Crippen molar-refractivity contribution in [2.45, 2.75) is 38.6 Å². The Bertz CT molecular complexity index is 848. The molecule has 160 valence electrons. The van der Waals surface area contributed by atoms with Gasteiger partial charge in [0.15, 0.2) is 0 Å². The number of nitrogens with zero attached hydrogens (tertiary/aromatic N) is 1. The van der Waals surface area contributed by atoms with Crippen molar-refractivity contribution in [2.75, 3.05) is 26.2 Å². The molecule has 6 heteroatoms. The van der Waals surface area contributed by atoms with E-state index in [2.05, 4.69) is 15.5 Å². The number of hydrogen-bond donors (Lipinski definition) is 2. The third-order valence-electron chi connectivity index (χ3n) is 5.51. The first-order valence-corrected chi connectivity index (χ1v) is 11.0. The molecule has 5 nitrogen and oxygen atoms in total. The van der Waals surface area contributed by atoms with Gasteiger partial charge in [-0.3, -0.25) is 14.5 Å². The number of likely N-dealkylation sites (tertiary alicyclic amines) is 1. The van der Waals surface area contributed by atoms with Crippen LogP contribution < -0.4 is 10.6 Å². The number of aryl methyl sites for hydroxylation is 2. The molecular formula is C24H30ClN3O2. The number of nitrogens with one attached hydrogen (secondary N) is 2. The summed E-state index contributed by atoms with van der Waals surface area (Å²) in [5.41, 5.74) is 3.42. The molecule has 0 aromatic heterocycles. The van der Waals surface area contributed by atoms with E-state index < -0.39 is 0 Å². The minimum Gasteiger partial charge on any atom is -0.353 e. The first kappa shape index (κ1) is 22.3. The summed E-state index contributed by atoms with van der Waals surface area (Å²) in [7, 11) is 0. The fraction of sp³-hybridized carbons (Fsp3) is 0.417. The van der Waals surface area contributed by atoms with Crippen molar-refractivity contribution in [3.8, 4) is 0 Å². The van der Waals surface area contributed by atoms with Gasteiger partial charge in [0.25, 0.3) is 0 Å². The molecule has 2 amide bonds. The van der Waals surface area contributed by atoms with Crippen molar-refractivity contribution < 1.29 is 9.59 Å². The molecule has 1 aliphatic heterocycles. The SMILES string of the molecule is Cc1ccc(CCC(=O)NCC(=O)NCC(c2cccc(Cl)c2)N2CCCC2)cc1. The number of halogens is 1. The number of rotatable bonds is 9. The predicted octanol–water partition coefficient (Wildman–Crippen LogP) is 3.65. The van der Waals surface area contributed by atoms with Crippen LogP contribution in [0.5, 0.6) is 0 Å². The van der Waals surface area contributed by atoms with E-state index in [1.807, 2.05) is 55.5 Å². The number of amides is 2. The lowest BCUT2D eigenvalue weighted by atomic mass is 10.1. The summed E-state index contributed by atoms with van der Waals surface area (Å²) in [5, 5.41) is 6.39. The van der Waals surface area contributed by atoms with Gasteiger partial charge in [-0.25, -0.2) is 0 Å². The van der Waals surface area contributed by atoms with Gasteiger partial charge in [0.2, 0.25) is 11.8 Å². The van der Waals surface area contributed by atoms with Crippen molar-refractivity contribution >= 4 is 23.4 Å². The van der Waals surface area contributed by atoms with Crippen LogP contribution in [0.1, 0.15) is 42.0 Å². The van der Waals surface area contributed by atoms with Crippen LogP contribution in [-0.2, 0) is 16.0 Å². The van der Waals surface area contributed by atoms with Crippen molar-refractivity contribution in [2.24, 2.45) is 0 Å². The Morgan fingerprint density at radius 3 is 2.47 bits per heavy atom. The van der Waals surface area contributed by atoms with Crippen LogP contribution in [-0.4, -0.2) is 42.9 Å². The van der Waals surface area contributed by atoms with Gasteiger partial charge in [-0.2, -0.15) is 0 Å². The van der Waals surface area contributed by atoms with Gasteiger partial charge in [0.1, 0.15) is 0 Å². The van der Waals surface area contributed by atoms with Gasteiger partial charge in [0, 0.05) is 18.0 Å². The van der Waals surface area contributed by atoms with Gasteiger partial charge in [-0.1, -0.05) is 53.6 Å². The molecule has 0 radical (unpaired) electrons. The average Bonchev–Trinajstić information content (AvgIpc) is 3.26. The molecule has 1 saturated heterocycles. The van der Waals surface area contributed by atoms with Gasteiger partial charge < -0.3 is 10.6 Å². The molecule has 2 aromatic rings. The van der Waals surface area contributed by atoms with Gasteiger partial charge in [0.05, 0.1) is 12.6 Å². The molecule has 1 heterocycles. The Hall–Kier alpha value is -2.37. The topological polar surface area (TPSA) is 61.4 Å². The molecule has 1 fully saturated rings. The second kappa shape index (κ2) is 11.1. The first-order valence-electron chi connectivity index (χ1n) is 10.6. The van der Waals surface area contributed by atoms with Crippen molar-refractivity contribution in [3.63, 3.8) is 0 Å². The smallest absolute Gasteiger partial charge is 0.239 e. The fourth-order valence-electron chi connectivity index (χ4n) is 3.78. The maximum absolute atomic E-state index is 12.3. The minimum absolute atomic E-state index is 0.00496. The Labute approximate surface area is 183 Å². The highest BCUT2D eigenvalue weighted by Crippen LogP contribution is 2.26. The highest BCUT2D eigenvalue weighted by Gasteiger charge is 2.24. The van der Waals surface area contributed by atoms with E-state index in [1.54, 1.807) is 0 Å². The quantitative estimate of drug-likeness (QED) is 0.642. The summed E-state index contributed by atoms with van der Waals surface area (Å²) in [6.45, 7) is 4.56. The molecule has 1 atom stereocenters. The molecule has 2 N–H and O–H groups in total. The Balaban J connectivity index is 1.44. The van der Waals surface area contributed by atoms with Gasteiger partial charge in [-0.05, 0) is 62.5 Å². The van der Waals surface area contributed by atoms with E-state index in [0.717, 1.165) is 24.2 Å². The van der Waals surface area contributed by atoms with E-state index in [1.165, 1.54) is 18.4 Å². The summed E-state index contributed by atoms with van der Waals surface area (Å²) in [6.07, 6.45) is 3.37. The predicted molar refractivity (Wildman–Crippen MR) is 121 cm³/mol. The second-order valence-electron chi connectivity index (χ2n) is 7.88. The number of benzene rings is 2. The zero-order chi connectivity index (χ0) is 21.3. The summed E-state index contributed by atoms with van der Waals surface area (Å²) in [6, 6.07) is 16.0. The zero-order valence-electron chi connectivity index (χ0n) is 17.5. The van der Waals surface area contributed by atoms with E-state index >= 15 is 0 Å². The Kier molecular flexibility index (Phi) is 8.29. The maximum Gasteiger partial charge on any atom is 0.239 e. The van der Waals surface area contributed by atoms with Gasteiger partial charge >= 0.3 is 0 Å². The van der Waals surface area contributed by atoms with E-state index in [4.69, 9.17) is 11.6 Å². The lowest BCUT2D eigenvalue weighted by Gasteiger charge is -2.28. The third-order valence-corrected chi connectivity index (χ3v) is 5.75. The monoisotopic (exact) mass is 427 g/mol. The lowest BCUT2D eigenvalue weighted by molar-refractivity contribution is -0.126. The largest absolute Gasteiger partial charge is 0.353 e. The Morgan fingerprint density at radius 2 is 1.77 bits per heavy atom. The minimum atomic E-state index is -0.176. The maximum atomic E-state index is 12.3. The van der Waals surface area contributed by atoms with Crippen LogP contribution in [0.15, 0.2) is 48.5 Å². The first-order chi connectivity index (χ1) is 14.5. The number of hydrogen-bond acceptors (Lipinski definition) is 3. The highest BCUT2D eigenvalue weighted by molar-refractivity contribution is 6.30. The molecule has 1 unspecified atom stereocenters. The second-order valence-corrected chi connectivity index (χ2v) is 8.32. The zero-order valence-corrected chi connectivity index (χ0v) is 18.3. The summed E-state index contributed by atoms with van der Waals surface area (Å²) < 4.78 is 0. The standard InChI is InChI=1S/C24H30ClN3O2/c1-18-7-9-19(10-8-18)11-12-23(29)27-17-24(30)26-16-22(28-13-2-3-14-28)20-5-4-6-21(25)15-20/h4-10,15,22H,2-3,11-14,16-17H2,1H3,(H,26,30)(H,27,29). The molecule has 1 aliphatic rings. The summed E-state index contributed by atoms with van der Waals surface area (Å²) >= 11 is 6.17. The molecule has 0 aliphatic carbocycles. The molecule has 0 spiro atoms. The molecule has 30 heavy (non-hydrogen) atoms. The molecule has 3 rings (SSSR count). The van der Waals surface area contributed by atoms with Gasteiger partial charge in [-0.15, -0.1) is 0 Å². The van der Waals surface area contributed by atoms with E-state index in [0.29, 0.717) is 24.4 Å². The van der Waals surface area contributed by atoms with Crippen LogP contribution in [0.4, 0.5) is 0 Å². The average molecular weight is 428 g/mol. The molecule has 0 bridgehead atoms. The van der Waals surface area contributed by atoms with Crippen LogP contribution in [0.3, 0.4) is 0 Å². The van der Waals surface area contributed by atoms with Crippen LogP contribution in [0.2, 0.25) is 5.02 Å². The third kappa shape index (κ3) is 6.85. The van der Waals surface area contributed by atoms with E-state index in [9.17, 15) is 9.59 Å². The fourth-order valence-corrected chi connectivity index (χ4v) is 3.98.